The molecule has 0 unspecified atom stereocenters. The largest absolute Gasteiger partial charge is 0.508 e. The lowest BCUT2D eigenvalue weighted by Crippen LogP contribution is -2.42. The third-order valence-corrected chi connectivity index (χ3v) is 5.49. The Morgan fingerprint density at radius 1 is 0.818 bits per heavy atom. The Labute approximate surface area is 191 Å². The van der Waals surface area contributed by atoms with Crippen molar-refractivity contribution in [3.8, 4) is 11.1 Å². The molecule has 4 rings (SSSR count). The van der Waals surface area contributed by atoms with Crippen molar-refractivity contribution >= 4 is 12.2 Å². The molecule has 0 bridgehead atoms. The van der Waals surface area contributed by atoms with E-state index in [4.69, 9.17) is 14.2 Å². The fourth-order valence-electron chi connectivity index (χ4n) is 3.87. The first-order chi connectivity index (χ1) is 16.2. The summed E-state index contributed by atoms with van der Waals surface area (Å²) in [5.41, 5.74) is 5.31. The Morgan fingerprint density at radius 3 is 2.06 bits per heavy atom. The van der Waals surface area contributed by atoms with Crippen LogP contribution in [0.25, 0.3) is 11.1 Å². The van der Waals surface area contributed by atoms with Crippen molar-refractivity contribution in [2.24, 2.45) is 0 Å². The van der Waals surface area contributed by atoms with E-state index < -0.39 is 24.9 Å². The van der Waals surface area contributed by atoms with Crippen molar-refractivity contribution in [1.29, 1.82) is 0 Å². The standard InChI is InChI=1S/C26H25NO6/c28-14-19(16-33-26(30)32-15-18-8-2-1-3-9-18)27-25(29)31-17-24-22-12-6-4-10-20(22)21-11-5-7-13-23(21)24/h1-13,19,24,28H,14-17H2,(H,27,29)/t19-/m1/s1. The van der Waals surface area contributed by atoms with Gasteiger partial charge in [0.2, 0.25) is 0 Å². The van der Waals surface area contributed by atoms with Gasteiger partial charge in [-0.3, -0.25) is 0 Å². The van der Waals surface area contributed by atoms with Crippen LogP contribution in [0, 0.1) is 0 Å². The summed E-state index contributed by atoms with van der Waals surface area (Å²) in [6.45, 7) is -0.439. The summed E-state index contributed by atoms with van der Waals surface area (Å²) in [7, 11) is 0. The first-order valence-electron chi connectivity index (χ1n) is 10.7. The molecule has 0 saturated heterocycles. The third-order valence-electron chi connectivity index (χ3n) is 5.49. The van der Waals surface area contributed by atoms with Crippen LogP contribution in [0.2, 0.25) is 0 Å². The third kappa shape index (κ3) is 5.51. The molecule has 7 nitrogen and oxygen atoms in total. The summed E-state index contributed by atoms with van der Waals surface area (Å²) in [6.07, 6.45) is -1.58. The SMILES string of the molecule is O=C(N[C@H](CO)COC(=O)OCc1ccccc1)OCC1c2ccccc2-c2ccccc21. The Hall–Kier alpha value is -3.84. The van der Waals surface area contributed by atoms with E-state index in [1.54, 1.807) is 0 Å². The topological polar surface area (TPSA) is 94.1 Å². The molecule has 0 aliphatic heterocycles. The zero-order valence-electron chi connectivity index (χ0n) is 18.0. The normalized spacial score (nSPS) is 12.9. The number of ether oxygens (including phenoxy) is 3. The van der Waals surface area contributed by atoms with Crippen molar-refractivity contribution in [2.45, 2.75) is 18.6 Å². The van der Waals surface area contributed by atoms with Crippen LogP contribution >= 0.6 is 0 Å². The molecule has 1 aliphatic carbocycles. The van der Waals surface area contributed by atoms with E-state index in [2.05, 4.69) is 17.4 Å². The molecule has 0 fully saturated rings. The number of benzene rings is 3. The lowest BCUT2D eigenvalue weighted by molar-refractivity contribution is 0.0368. The molecule has 0 heterocycles. The van der Waals surface area contributed by atoms with Gasteiger partial charge in [-0.25, -0.2) is 9.59 Å². The Morgan fingerprint density at radius 2 is 1.42 bits per heavy atom. The minimum atomic E-state index is -0.883. The smallest absolute Gasteiger partial charge is 0.449 e. The zero-order chi connectivity index (χ0) is 23.0. The van der Waals surface area contributed by atoms with Crippen molar-refractivity contribution in [3.63, 3.8) is 0 Å². The van der Waals surface area contributed by atoms with Gasteiger partial charge < -0.3 is 24.6 Å². The summed E-state index contributed by atoms with van der Waals surface area (Å²) >= 11 is 0. The molecule has 0 spiro atoms. The van der Waals surface area contributed by atoms with Crippen LogP contribution in [-0.4, -0.2) is 43.2 Å². The lowest BCUT2D eigenvalue weighted by atomic mass is 9.98. The second kappa shape index (κ2) is 10.7. The van der Waals surface area contributed by atoms with Gasteiger partial charge in [-0.05, 0) is 27.8 Å². The van der Waals surface area contributed by atoms with Gasteiger partial charge in [-0.2, -0.15) is 0 Å². The quantitative estimate of drug-likeness (QED) is 0.502. The summed E-state index contributed by atoms with van der Waals surface area (Å²) < 4.78 is 15.5. The predicted molar refractivity (Wildman–Crippen MR) is 122 cm³/mol. The number of hydrogen-bond acceptors (Lipinski definition) is 6. The number of amides is 1. The molecule has 1 aliphatic rings. The highest BCUT2D eigenvalue weighted by molar-refractivity contribution is 5.79. The van der Waals surface area contributed by atoms with Crippen molar-refractivity contribution < 1.29 is 28.9 Å². The number of nitrogens with one attached hydrogen (secondary N) is 1. The average molecular weight is 447 g/mol. The summed E-state index contributed by atoms with van der Waals surface area (Å²) in [6, 6.07) is 24.5. The highest BCUT2D eigenvalue weighted by Gasteiger charge is 2.29. The number of alkyl carbamates (subject to hydrolysis) is 1. The Bertz CT molecular complexity index is 1060. The summed E-state index contributed by atoms with van der Waals surface area (Å²) in [5.74, 6) is -0.0695. The highest BCUT2D eigenvalue weighted by atomic mass is 16.7. The van der Waals surface area contributed by atoms with Crippen LogP contribution in [0.5, 0.6) is 0 Å². The minimum absolute atomic E-state index is 0.0695. The van der Waals surface area contributed by atoms with Crippen LogP contribution in [0.4, 0.5) is 9.59 Å². The fourth-order valence-corrected chi connectivity index (χ4v) is 3.87. The van der Waals surface area contributed by atoms with Crippen molar-refractivity contribution in [1.82, 2.24) is 5.32 Å². The van der Waals surface area contributed by atoms with Crippen molar-refractivity contribution in [2.75, 3.05) is 19.8 Å². The van der Waals surface area contributed by atoms with Gasteiger partial charge in [0.1, 0.15) is 19.8 Å². The number of fused-ring (bicyclic) bond motifs is 3. The van der Waals surface area contributed by atoms with Crippen molar-refractivity contribution in [3.05, 3.63) is 95.6 Å². The first kappa shape index (κ1) is 22.4. The van der Waals surface area contributed by atoms with Crippen LogP contribution < -0.4 is 5.32 Å². The molecule has 170 valence electrons. The molecule has 3 aromatic rings. The molecule has 3 aromatic carbocycles. The summed E-state index contributed by atoms with van der Waals surface area (Å²) in [5, 5.41) is 12.1. The van der Waals surface area contributed by atoms with E-state index in [1.165, 1.54) is 0 Å². The zero-order valence-corrected chi connectivity index (χ0v) is 18.0. The highest BCUT2D eigenvalue weighted by Crippen LogP contribution is 2.44. The van der Waals surface area contributed by atoms with E-state index in [0.717, 1.165) is 27.8 Å². The molecular formula is C26H25NO6. The maximum Gasteiger partial charge on any atom is 0.508 e. The van der Waals surface area contributed by atoms with E-state index in [-0.39, 0.29) is 25.7 Å². The lowest BCUT2D eigenvalue weighted by Gasteiger charge is -2.18. The summed E-state index contributed by atoms with van der Waals surface area (Å²) in [4.78, 5) is 24.1. The van der Waals surface area contributed by atoms with Crippen LogP contribution in [0.15, 0.2) is 78.9 Å². The molecular weight excluding hydrogens is 422 g/mol. The molecule has 0 saturated carbocycles. The maximum absolute atomic E-state index is 12.3. The molecule has 7 heteroatoms. The number of hydrogen-bond donors (Lipinski definition) is 2. The van der Waals surface area contributed by atoms with Gasteiger partial charge in [-0.15, -0.1) is 0 Å². The average Bonchev–Trinajstić information content (AvgIpc) is 3.18. The first-order valence-corrected chi connectivity index (χ1v) is 10.7. The predicted octanol–water partition coefficient (Wildman–Crippen LogP) is 4.24. The van der Waals surface area contributed by atoms with Gasteiger partial charge in [0, 0.05) is 5.92 Å². The van der Waals surface area contributed by atoms with E-state index >= 15 is 0 Å². The minimum Gasteiger partial charge on any atom is -0.449 e. The number of aliphatic hydroxyl groups is 1. The second-order valence-electron chi connectivity index (χ2n) is 7.68. The van der Waals surface area contributed by atoms with Crippen LogP contribution in [0.3, 0.4) is 0 Å². The van der Waals surface area contributed by atoms with E-state index in [0.29, 0.717) is 0 Å². The van der Waals surface area contributed by atoms with Gasteiger partial charge >= 0.3 is 12.2 Å². The fraction of sp³-hybridized carbons (Fsp3) is 0.231. The molecule has 33 heavy (non-hydrogen) atoms. The molecule has 1 atom stereocenters. The number of aliphatic hydroxyl groups excluding tert-OH is 1. The van der Waals surface area contributed by atoms with Crippen LogP contribution in [-0.2, 0) is 20.8 Å². The van der Waals surface area contributed by atoms with Gasteiger partial charge in [-0.1, -0.05) is 78.9 Å². The number of rotatable bonds is 8. The monoisotopic (exact) mass is 447 g/mol. The molecule has 0 aromatic heterocycles. The van der Waals surface area contributed by atoms with Crippen LogP contribution in [0.1, 0.15) is 22.6 Å². The molecule has 1 amide bonds. The Kier molecular flexibility index (Phi) is 7.22. The second-order valence-corrected chi connectivity index (χ2v) is 7.68. The number of carbonyl (C=O) groups excluding carboxylic acids is 2. The van der Waals surface area contributed by atoms with Gasteiger partial charge in [0.15, 0.2) is 0 Å². The van der Waals surface area contributed by atoms with Gasteiger partial charge in [0.05, 0.1) is 12.6 Å². The molecule has 0 radical (unpaired) electrons. The van der Waals surface area contributed by atoms with E-state index in [9.17, 15) is 14.7 Å². The molecule has 2 N–H and O–H groups in total. The maximum atomic E-state index is 12.3. The Balaban J connectivity index is 1.25. The van der Waals surface area contributed by atoms with E-state index in [1.807, 2.05) is 66.7 Å². The number of carbonyl (C=O) groups is 2. The van der Waals surface area contributed by atoms with Gasteiger partial charge in [0.25, 0.3) is 0 Å².